The van der Waals surface area contributed by atoms with Gasteiger partial charge >= 0.3 is 5.97 Å². The van der Waals surface area contributed by atoms with Gasteiger partial charge in [-0.3, -0.25) is 4.79 Å². The number of thioether (sulfide) groups is 1. The summed E-state index contributed by atoms with van der Waals surface area (Å²) in [6.45, 7) is 6.70. The number of unbranched alkanes of at least 4 members (excludes halogenated alkanes) is 6. The van der Waals surface area contributed by atoms with Crippen molar-refractivity contribution in [3.05, 3.63) is 36.5 Å². The van der Waals surface area contributed by atoms with E-state index in [9.17, 15) is 4.79 Å². The zero-order chi connectivity index (χ0) is 20.7. The predicted molar refractivity (Wildman–Crippen MR) is 127 cm³/mol. The van der Waals surface area contributed by atoms with Crippen molar-refractivity contribution in [1.82, 2.24) is 0 Å². The molecule has 0 aliphatic carbocycles. The fourth-order valence-corrected chi connectivity index (χ4v) is 3.95. The molecule has 0 saturated heterocycles. The van der Waals surface area contributed by atoms with E-state index in [2.05, 4.69) is 50.3 Å². The Bertz CT molecular complexity index is 426. The molecule has 0 aromatic heterocycles. The lowest BCUT2D eigenvalue weighted by Gasteiger charge is -2.14. The number of carbonyl (C=O) groups is 1. The van der Waals surface area contributed by atoms with Gasteiger partial charge in [0.25, 0.3) is 0 Å². The summed E-state index contributed by atoms with van der Waals surface area (Å²) in [5.41, 5.74) is 0. The van der Waals surface area contributed by atoms with Crippen molar-refractivity contribution in [2.75, 3.05) is 12.4 Å². The van der Waals surface area contributed by atoms with Crippen LogP contribution in [0.15, 0.2) is 36.5 Å². The lowest BCUT2D eigenvalue weighted by molar-refractivity contribution is -0.142. The maximum absolute atomic E-state index is 12.0. The highest BCUT2D eigenvalue weighted by atomic mass is 32.2. The highest BCUT2D eigenvalue weighted by Crippen LogP contribution is 2.21. The first-order valence-electron chi connectivity index (χ1n) is 11.5. The van der Waals surface area contributed by atoms with Crippen molar-refractivity contribution in [2.45, 2.75) is 103 Å². The summed E-state index contributed by atoms with van der Waals surface area (Å²) < 4.78 is 5.21. The van der Waals surface area contributed by atoms with E-state index >= 15 is 0 Å². The number of ether oxygens (including phenoxy) is 1. The number of esters is 1. The summed E-state index contributed by atoms with van der Waals surface area (Å²) in [5.74, 6) is 1.03. The first kappa shape index (κ1) is 27.0. The van der Waals surface area contributed by atoms with Crippen LogP contribution in [0.4, 0.5) is 0 Å². The molecule has 0 fully saturated rings. The third-order valence-electron chi connectivity index (χ3n) is 4.44. The fourth-order valence-electron chi connectivity index (χ4n) is 2.89. The van der Waals surface area contributed by atoms with E-state index < -0.39 is 0 Å². The maximum Gasteiger partial charge on any atom is 0.319 e. The van der Waals surface area contributed by atoms with Crippen molar-refractivity contribution >= 4 is 17.7 Å². The van der Waals surface area contributed by atoms with Gasteiger partial charge in [-0.15, -0.1) is 11.8 Å². The molecule has 0 N–H and O–H groups in total. The Balaban J connectivity index is 3.58. The molecule has 1 atom stereocenters. The van der Waals surface area contributed by atoms with Crippen LogP contribution in [0.5, 0.6) is 0 Å². The Labute approximate surface area is 179 Å². The first-order chi connectivity index (χ1) is 13.8. The monoisotopic (exact) mass is 408 g/mol. The molecule has 0 rings (SSSR count). The number of hydrogen-bond donors (Lipinski definition) is 0. The average molecular weight is 409 g/mol. The van der Waals surface area contributed by atoms with Crippen molar-refractivity contribution in [1.29, 1.82) is 0 Å². The Morgan fingerprint density at radius 3 is 2.07 bits per heavy atom. The third-order valence-corrected chi connectivity index (χ3v) is 5.91. The van der Waals surface area contributed by atoms with Crippen LogP contribution in [0.1, 0.15) is 97.8 Å². The molecule has 0 amide bonds. The van der Waals surface area contributed by atoms with E-state index in [0.717, 1.165) is 44.3 Å². The normalized spacial score (nSPS) is 13.1. The molecule has 0 radical (unpaired) electrons. The molecule has 0 aliphatic heterocycles. The molecule has 3 heteroatoms. The van der Waals surface area contributed by atoms with Crippen LogP contribution in [-0.2, 0) is 9.53 Å². The molecule has 0 aliphatic rings. The quantitative estimate of drug-likeness (QED) is 0.123. The van der Waals surface area contributed by atoms with Gasteiger partial charge in [0.15, 0.2) is 0 Å². The first-order valence-corrected chi connectivity index (χ1v) is 12.5. The minimum Gasteiger partial charge on any atom is -0.465 e. The largest absolute Gasteiger partial charge is 0.465 e. The molecular formula is C25H44O2S. The Hall–Kier alpha value is -0.960. The molecular weight excluding hydrogens is 364 g/mol. The molecule has 2 nitrogen and oxygen atoms in total. The third kappa shape index (κ3) is 18.4. The van der Waals surface area contributed by atoms with Crippen molar-refractivity contribution in [3.63, 3.8) is 0 Å². The predicted octanol–water partition coefficient (Wildman–Crippen LogP) is 8.04. The van der Waals surface area contributed by atoms with Crippen LogP contribution in [0.2, 0.25) is 0 Å². The van der Waals surface area contributed by atoms with Crippen LogP contribution in [0, 0.1) is 0 Å². The highest BCUT2D eigenvalue weighted by molar-refractivity contribution is 8.00. The number of carbonyl (C=O) groups excluding carboxylic acids is 1. The molecule has 1 unspecified atom stereocenters. The molecule has 162 valence electrons. The number of allylic oxidation sites excluding steroid dienone is 6. The lowest BCUT2D eigenvalue weighted by atomic mass is 10.1. The van der Waals surface area contributed by atoms with Gasteiger partial charge in [0.2, 0.25) is 0 Å². The SMILES string of the molecule is CCC=CCC=CCC=CCCCCCCCCC(SCCC)C(=O)OCC. The van der Waals surface area contributed by atoms with Gasteiger partial charge in [0, 0.05) is 0 Å². The second-order valence-electron chi connectivity index (χ2n) is 7.10. The molecule has 0 aromatic carbocycles. The minimum absolute atomic E-state index is 0.0139. The summed E-state index contributed by atoms with van der Waals surface area (Å²) in [4.78, 5) is 12.0. The average Bonchev–Trinajstić information content (AvgIpc) is 2.70. The molecule has 0 aromatic rings. The van der Waals surface area contributed by atoms with E-state index in [0.29, 0.717) is 6.61 Å². The Morgan fingerprint density at radius 2 is 1.43 bits per heavy atom. The van der Waals surface area contributed by atoms with Crippen molar-refractivity contribution in [2.24, 2.45) is 0 Å². The van der Waals surface area contributed by atoms with E-state index in [1.54, 1.807) is 11.8 Å². The van der Waals surface area contributed by atoms with Crippen molar-refractivity contribution in [3.8, 4) is 0 Å². The smallest absolute Gasteiger partial charge is 0.319 e. The summed E-state index contributed by atoms with van der Waals surface area (Å²) in [7, 11) is 0. The van der Waals surface area contributed by atoms with Crippen LogP contribution < -0.4 is 0 Å². The van der Waals surface area contributed by atoms with E-state index in [1.807, 2.05) is 6.92 Å². The topological polar surface area (TPSA) is 26.3 Å². The number of hydrogen-bond acceptors (Lipinski definition) is 3. The lowest BCUT2D eigenvalue weighted by Crippen LogP contribution is -2.20. The zero-order valence-electron chi connectivity index (χ0n) is 18.7. The number of rotatable bonds is 19. The maximum atomic E-state index is 12.0. The Morgan fingerprint density at radius 1 is 0.821 bits per heavy atom. The second-order valence-corrected chi connectivity index (χ2v) is 8.41. The molecule has 0 spiro atoms. The van der Waals surface area contributed by atoms with E-state index in [4.69, 9.17) is 4.74 Å². The standard InChI is InChI=1S/C25H44O2S/c1-4-7-8-9-10-11-12-13-14-15-16-17-18-19-20-21-22-24(28-23-5-2)25(26)27-6-3/h7-8,10-11,13-14,24H,4-6,9,12,15-23H2,1-3H3. The molecule has 0 bridgehead atoms. The zero-order valence-corrected chi connectivity index (χ0v) is 19.5. The van der Waals surface area contributed by atoms with Crippen LogP contribution in [-0.4, -0.2) is 23.6 Å². The molecule has 0 heterocycles. The highest BCUT2D eigenvalue weighted by Gasteiger charge is 2.19. The molecule has 0 saturated carbocycles. The molecule has 28 heavy (non-hydrogen) atoms. The van der Waals surface area contributed by atoms with Crippen LogP contribution >= 0.6 is 11.8 Å². The summed E-state index contributed by atoms with van der Waals surface area (Å²) in [6.07, 6.45) is 27.6. The second kappa shape index (κ2) is 22.3. The van der Waals surface area contributed by atoms with E-state index in [1.165, 1.54) is 38.5 Å². The summed E-state index contributed by atoms with van der Waals surface area (Å²) in [6, 6.07) is 0. The minimum atomic E-state index is -0.0139. The van der Waals surface area contributed by atoms with Gasteiger partial charge in [-0.05, 0) is 57.6 Å². The van der Waals surface area contributed by atoms with E-state index in [-0.39, 0.29) is 11.2 Å². The van der Waals surface area contributed by atoms with Gasteiger partial charge in [-0.25, -0.2) is 0 Å². The fraction of sp³-hybridized carbons (Fsp3) is 0.720. The van der Waals surface area contributed by atoms with Crippen LogP contribution in [0.25, 0.3) is 0 Å². The van der Waals surface area contributed by atoms with Gasteiger partial charge in [-0.2, -0.15) is 0 Å². The van der Waals surface area contributed by atoms with Crippen molar-refractivity contribution < 1.29 is 9.53 Å². The summed E-state index contributed by atoms with van der Waals surface area (Å²) in [5, 5.41) is 0.0433. The van der Waals surface area contributed by atoms with Gasteiger partial charge in [-0.1, -0.05) is 82.4 Å². The Kier molecular flexibility index (Phi) is 21.6. The van der Waals surface area contributed by atoms with Gasteiger partial charge in [0.05, 0.1) is 6.61 Å². The van der Waals surface area contributed by atoms with Gasteiger partial charge in [0.1, 0.15) is 5.25 Å². The van der Waals surface area contributed by atoms with Crippen LogP contribution in [0.3, 0.4) is 0 Å². The summed E-state index contributed by atoms with van der Waals surface area (Å²) >= 11 is 1.77. The van der Waals surface area contributed by atoms with Gasteiger partial charge < -0.3 is 4.74 Å².